The molecule has 0 aromatic heterocycles. The second-order valence-electron chi connectivity index (χ2n) is 15.9. The Labute approximate surface area is 315 Å². The lowest BCUT2D eigenvalue weighted by Crippen LogP contribution is -2.33. The van der Waals surface area contributed by atoms with Gasteiger partial charge in [-0.2, -0.15) is 8.78 Å². The van der Waals surface area contributed by atoms with Gasteiger partial charge >= 0.3 is 0 Å². The molecule has 0 saturated heterocycles. The van der Waals surface area contributed by atoms with Crippen LogP contribution in [-0.2, 0) is 30.8 Å². The highest BCUT2D eigenvalue weighted by Gasteiger charge is 2.45. The maximum atomic E-state index is 16.5. The molecule has 1 saturated carbocycles. The van der Waals surface area contributed by atoms with Gasteiger partial charge in [0.15, 0.2) is 0 Å². The predicted molar refractivity (Wildman–Crippen MR) is 209 cm³/mol. The number of alkyl halides is 2. The van der Waals surface area contributed by atoms with Crippen LogP contribution < -0.4 is 4.90 Å². The lowest BCUT2D eigenvalue weighted by Gasteiger charge is -2.36. The summed E-state index contributed by atoms with van der Waals surface area (Å²) in [5.41, 5.74) is 7.28. The molecular formula is C45H49F5N2S. The Bertz CT molecular complexity index is 2120. The summed E-state index contributed by atoms with van der Waals surface area (Å²) in [6.45, 7) is 24.2. The summed E-state index contributed by atoms with van der Waals surface area (Å²) in [6.07, 6.45) is 3.05. The predicted octanol–water partition coefficient (Wildman–Crippen LogP) is 13.0. The highest BCUT2D eigenvalue weighted by atomic mass is 32.2. The molecule has 1 heterocycles. The van der Waals surface area contributed by atoms with Gasteiger partial charge in [0.25, 0.3) is 5.92 Å². The van der Waals surface area contributed by atoms with E-state index in [-0.39, 0.29) is 40.1 Å². The topological polar surface area (TPSA) is 6.48 Å². The van der Waals surface area contributed by atoms with E-state index in [2.05, 4.69) is 76.1 Å². The van der Waals surface area contributed by atoms with Crippen LogP contribution in [0.3, 0.4) is 0 Å². The van der Waals surface area contributed by atoms with Gasteiger partial charge in [0.2, 0.25) is 0 Å². The molecule has 0 atom stereocenters. The number of anilines is 1. The third-order valence-electron chi connectivity index (χ3n) is 10.9. The SMILES string of the molecule is C=C(C)c1ccc(N(Cc2cc(C3CC3)cc(C(C)(C)C)c2)C(=C)CN2Cc3c(F)cc(F)cc3C(F)(F)c3c(C)c(C)c(C)c(F)c3S2)c(CC)c1. The molecule has 0 bridgehead atoms. The zero-order valence-electron chi connectivity index (χ0n) is 32.0. The first-order chi connectivity index (χ1) is 24.8. The van der Waals surface area contributed by atoms with E-state index >= 15 is 17.6 Å². The van der Waals surface area contributed by atoms with E-state index in [0.717, 1.165) is 59.2 Å². The van der Waals surface area contributed by atoms with E-state index in [9.17, 15) is 4.39 Å². The molecule has 0 spiro atoms. The summed E-state index contributed by atoms with van der Waals surface area (Å²) in [7, 11) is 0. The monoisotopic (exact) mass is 744 g/mol. The van der Waals surface area contributed by atoms with Crippen molar-refractivity contribution in [1.82, 2.24) is 4.31 Å². The first-order valence-corrected chi connectivity index (χ1v) is 19.1. The van der Waals surface area contributed by atoms with E-state index in [1.807, 2.05) is 13.0 Å². The molecule has 2 nitrogen and oxygen atoms in total. The highest BCUT2D eigenvalue weighted by Crippen LogP contribution is 2.50. The molecule has 8 heteroatoms. The van der Waals surface area contributed by atoms with Gasteiger partial charge in [0.1, 0.15) is 17.5 Å². The Morgan fingerprint density at radius 1 is 0.943 bits per heavy atom. The van der Waals surface area contributed by atoms with E-state index < -0.39 is 34.5 Å². The van der Waals surface area contributed by atoms with Gasteiger partial charge < -0.3 is 4.90 Å². The molecule has 53 heavy (non-hydrogen) atoms. The van der Waals surface area contributed by atoms with Crippen molar-refractivity contribution >= 4 is 23.2 Å². The molecule has 0 amide bonds. The number of hydrogen-bond donors (Lipinski definition) is 0. The Hall–Kier alpha value is -3.88. The van der Waals surface area contributed by atoms with Crippen molar-refractivity contribution in [1.29, 1.82) is 0 Å². The Morgan fingerprint density at radius 3 is 2.26 bits per heavy atom. The van der Waals surface area contributed by atoms with Crippen LogP contribution in [0, 0.1) is 38.2 Å². The number of nitrogens with zero attached hydrogens (tertiary/aromatic N) is 2. The van der Waals surface area contributed by atoms with Crippen molar-refractivity contribution < 1.29 is 22.0 Å². The minimum absolute atomic E-state index is 0.0666. The lowest BCUT2D eigenvalue weighted by molar-refractivity contribution is 0.0356. The molecule has 1 fully saturated rings. The minimum Gasteiger partial charge on any atom is -0.340 e. The van der Waals surface area contributed by atoms with Crippen LogP contribution in [0.25, 0.3) is 5.57 Å². The van der Waals surface area contributed by atoms with Crippen LogP contribution in [0.4, 0.5) is 27.6 Å². The molecule has 0 unspecified atom stereocenters. The number of hydrogen-bond acceptors (Lipinski definition) is 3. The number of aryl methyl sites for hydroxylation is 1. The van der Waals surface area contributed by atoms with E-state index in [4.69, 9.17) is 0 Å². The molecule has 4 aromatic rings. The Kier molecular flexibility index (Phi) is 10.6. The van der Waals surface area contributed by atoms with Crippen molar-refractivity contribution in [3.63, 3.8) is 0 Å². The molecule has 6 rings (SSSR count). The van der Waals surface area contributed by atoms with Crippen LogP contribution in [0.1, 0.15) is 115 Å². The first-order valence-electron chi connectivity index (χ1n) is 18.3. The minimum atomic E-state index is -3.85. The van der Waals surface area contributed by atoms with Crippen LogP contribution in [0.5, 0.6) is 0 Å². The number of benzene rings is 4. The maximum absolute atomic E-state index is 16.5. The third kappa shape index (κ3) is 7.59. The van der Waals surface area contributed by atoms with E-state index in [1.54, 1.807) is 18.2 Å². The molecular weight excluding hydrogens is 696 g/mol. The summed E-state index contributed by atoms with van der Waals surface area (Å²) in [5.74, 6) is -6.27. The smallest absolute Gasteiger partial charge is 0.300 e. The van der Waals surface area contributed by atoms with Gasteiger partial charge in [-0.25, -0.2) is 17.5 Å². The van der Waals surface area contributed by atoms with Crippen molar-refractivity contribution in [3.05, 3.63) is 146 Å². The number of rotatable bonds is 9. The first kappa shape index (κ1) is 38.8. The Balaban J connectivity index is 1.49. The van der Waals surface area contributed by atoms with Crippen molar-refractivity contribution in [2.75, 3.05) is 11.4 Å². The van der Waals surface area contributed by atoms with Gasteiger partial charge in [0.05, 0.1) is 4.90 Å². The van der Waals surface area contributed by atoms with Crippen LogP contribution in [-0.4, -0.2) is 10.8 Å². The fourth-order valence-corrected chi connectivity index (χ4v) is 8.55. The van der Waals surface area contributed by atoms with Gasteiger partial charge in [0, 0.05) is 53.8 Å². The average Bonchev–Trinajstić information content (AvgIpc) is 3.94. The van der Waals surface area contributed by atoms with Crippen molar-refractivity contribution in [2.45, 2.75) is 110 Å². The number of fused-ring (bicyclic) bond motifs is 2. The van der Waals surface area contributed by atoms with Crippen LogP contribution in [0.2, 0.25) is 0 Å². The van der Waals surface area contributed by atoms with Gasteiger partial charge in [-0.05, 0) is 133 Å². The second-order valence-corrected chi connectivity index (χ2v) is 17.0. The van der Waals surface area contributed by atoms with Crippen molar-refractivity contribution in [2.24, 2.45) is 0 Å². The zero-order valence-corrected chi connectivity index (χ0v) is 32.9. The summed E-state index contributed by atoms with van der Waals surface area (Å²) >= 11 is 0.836. The van der Waals surface area contributed by atoms with Gasteiger partial charge in [-0.1, -0.05) is 70.7 Å². The summed E-state index contributed by atoms with van der Waals surface area (Å²) in [5, 5.41) is 0. The Morgan fingerprint density at radius 2 is 1.64 bits per heavy atom. The molecule has 0 N–H and O–H groups in total. The summed E-state index contributed by atoms with van der Waals surface area (Å²) < 4.78 is 81.3. The lowest BCUT2D eigenvalue weighted by atomic mass is 9.84. The largest absolute Gasteiger partial charge is 0.340 e. The molecule has 4 aromatic carbocycles. The van der Waals surface area contributed by atoms with Gasteiger partial charge in [-0.3, -0.25) is 0 Å². The maximum Gasteiger partial charge on any atom is 0.300 e. The number of halogens is 5. The van der Waals surface area contributed by atoms with Crippen LogP contribution in [0.15, 0.2) is 72.3 Å². The fraction of sp³-hybridized carbons (Fsp3) is 0.378. The fourth-order valence-electron chi connectivity index (χ4n) is 7.28. The zero-order chi connectivity index (χ0) is 38.7. The second kappa shape index (κ2) is 14.4. The third-order valence-corrected chi connectivity index (χ3v) is 12.0. The van der Waals surface area contributed by atoms with Crippen LogP contribution >= 0.6 is 11.9 Å². The summed E-state index contributed by atoms with van der Waals surface area (Å²) in [4.78, 5) is 1.88. The highest BCUT2D eigenvalue weighted by molar-refractivity contribution is 7.97. The van der Waals surface area contributed by atoms with Gasteiger partial charge in [-0.15, -0.1) is 0 Å². The molecule has 2 aliphatic rings. The summed E-state index contributed by atoms with van der Waals surface area (Å²) in [6, 6.07) is 14.4. The van der Waals surface area contributed by atoms with E-state index in [1.165, 1.54) is 18.1 Å². The van der Waals surface area contributed by atoms with E-state index in [0.29, 0.717) is 35.9 Å². The molecule has 0 radical (unpaired) electrons. The molecule has 1 aliphatic heterocycles. The normalized spacial score (nSPS) is 15.7. The average molecular weight is 745 g/mol. The van der Waals surface area contributed by atoms with Crippen molar-refractivity contribution in [3.8, 4) is 0 Å². The molecule has 280 valence electrons. The standard InChI is InChI=1S/C45H49F5N2S/c1-11-31-18-33(25(2)3)14-15-40(31)52(23-30-16-34(32-12-13-32)19-35(17-30)44(8,9)10)26(4)22-51-24-37-38(20-36(46)21-39(37)47)45(49,50)41-28(6)27(5)29(7)42(48)43(41)53-51/h14-21,32H,2,4,11-13,22-24H2,1,3,5-10H3. The quantitative estimate of drug-likeness (QED) is 0.124. The molecule has 1 aliphatic carbocycles. The number of allylic oxidation sites excluding steroid dienone is 1.